The quantitative estimate of drug-likeness (QED) is 0.785. The molecule has 1 aromatic carbocycles. The lowest BCUT2D eigenvalue weighted by Gasteiger charge is -2.12. The molecule has 0 radical (unpaired) electrons. The van der Waals surface area contributed by atoms with Crippen LogP contribution in [0, 0.1) is 0 Å². The van der Waals surface area contributed by atoms with E-state index in [-0.39, 0.29) is 0 Å². The monoisotopic (exact) mass is 287 g/mol. The summed E-state index contributed by atoms with van der Waals surface area (Å²) >= 11 is 3.45. The molecule has 0 aliphatic rings. The van der Waals surface area contributed by atoms with Gasteiger partial charge in [-0.3, -0.25) is 0 Å². The Bertz CT molecular complexity index is 318. The van der Waals surface area contributed by atoms with Gasteiger partial charge in [-0.25, -0.2) is 0 Å². The minimum absolute atomic E-state index is 0.477. The average molecular weight is 288 g/mol. The Morgan fingerprint density at radius 1 is 1.25 bits per heavy atom. The van der Waals surface area contributed by atoms with E-state index < -0.39 is 0 Å². The highest BCUT2D eigenvalue weighted by Gasteiger charge is 2.06. The summed E-state index contributed by atoms with van der Waals surface area (Å²) in [5.41, 5.74) is 6.64. The third kappa shape index (κ3) is 4.12. The van der Waals surface area contributed by atoms with Crippen LogP contribution < -0.4 is 10.5 Å². The third-order valence-electron chi connectivity index (χ3n) is 2.09. The van der Waals surface area contributed by atoms with E-state index in [1.807, 2.05) is 18.2 Å². The summed E-state index contributed by atoms with van der Waals surface area (Å²) < 4.78 is 11.9. The fourth-order valence-corrected chi connectivity index (χ4v) is 1.85. The number of nitrogens with two attached hydrogens (primary N) is 1. The van der Waals surface area contributed by atoms with Crippen LogP contribution in [0.3, 0.4) is 0 Å². The van der Waals surface area contributed by atoms with Crippen molar-refractivity contribution in [3.63, 3.8) is 0 Å². The predicted octanol–water partition coefficient (Wildman–Crippen LogP) is 2.71. The Hall–Kier alpha value is -0.580. The molecular formula is C12H18BrNO2. The van der Waals surface area contributed by atoms with Crippen molar-refractivity contribution in [2.24, 2.45) is 5.73 Å². The Balaban J connectivity index is 2.46. The molecule has 0 fully saturated rings. The second kappa shape index (κ2) is 7.65. The van der Waals surface area contributed by atoms with Gasteiger partial charge in [0.2, 0.25) is 0 Å². The maximum atomic E-state index is 5.65. The van der Waals surface area contributed by atoms with Crippen molar-refractivity contribution < 1.29 is 9.47 Å². The number of benzene rings is 1. The fraction of sp³-hybridized carbons (Fsp3) is 0.500. The fourth-order valence-electron chi connectivity index (χ4n) is 1.32. The largest absolute Gasteiger partial charge is 0.490 e. The SMILES string of the molecule is CCCOCCOc1c(Br)cccc1CN. The van der Waals surface area contributed by atoms with Crippen LogP contribution in [-0.4, -0.2) is 19.8 Å². The molecule has 0 aliphatic heterocycles. The molecule has 0 atom stereocenters. The molecule has 0 aliphatic carbocycles. The minimum atomic E-state index is 0.477. The van der Waals surface area contributed by atoms with Gasteiger partial charge < -0.3 is 15.2 Å². The van der Waals surface area contributed by atoms with Crippen LogP contribution in [0.25, 0.3) is 0 Å². The van der Waals surface area contributed by atoms with Gasteiger partial charge in [0.1, 0.15) is 12.4 Å². The highest BCUT2D eigenvalue weighted by Crippen LogP contribution is 2.28. The van der Waals surface area contributed by atoms with Crippen molar-refractivity contribution in [3.8, 4) is 5.75 Å². The second-order valence-corrected chi connectivity index (χ2v) is 4.25. The van der Waals surface area contributed by atoms with E-state index in [1.165, 1.54) is 0 Å². The first kappa shape index (κ1) is 13.5. The predicted molar refractivity (Wildman–Crippen MR) is 68.6 cm³/mol. The number of para-hydroxylation sites is 1. The molecule has 0 spiro atoms. The Morgan fingerprint density at radius 3 is 2.75 bits per heavy atom. The van der Waals surface area contributed by atoms with Gasteiger partial charge in [-0.2, -0.15) is 0 Å². The van der Waals surface area contributed by atoms with Gasteiger partial charge in [0.05, 0.1) is 11.1 Å². The van der Waals surface area contributed by atoms with E-state index in [4.69, 9.17) is 15.2 Å². The van der Waals surface area contributed by atoms with E-state index in [0.717, 1.165) is 28.8 Å². The molecule has 4 heteroatoms. The standard InChI is InChI=1S/C12H18BrNO2/c1-2-6-15-7-8-16-12-10(9-14)4-3-5-11(12)13/h3-5H,2,6-9,14H2,1H3. The van der Waals surface area contributed by atoms with Crippen LogP contribution in [0.2, 0.25) is 0 Å². The summed E-state index contributed by atoms with van der Waals surface area (Å²) in [6, 6.07) is 5.86. The van der Waals surface area contributed by atoms with Crippen molar-refractivity contribution >= 4 is 15.9 Å². The van der Waals surface area contributed by atoms with E-state index in [1.54, 1.807) is 0 Å². The van der Waals surface area contributed by atoms with Gasteiger partial charge in [0, 0.05) is 18.7 Å². The molecule has 0 amide bonds. The van der Waals surface area contributed by atoms with Crippen LogP contribution in [0.15, 0.2) is 22.7 Å². The first-order valence-corrected chi connectivity index (χ1v) is 6.27. The molecule has 0 unspecified atom stereocenters. The normalized spacial score (nSPS) is 10.4. The summed E-state index contributed by atoms with van der Waals surface area (Å²) in [6.45, 7) is 4.50. The molecule has 90 valence electrons. The molecular weight excluding hydrogens is 270 g/mol. The van der Waals surface area contributed by atoms with Gasteiger partial charge in [0.15, 0.2) is 0 Å². The van der Waals surface area contributed by atoms with Gasteiger partial charge in [-0.1, -0.05) is 19.1 Å². The molecule has 0 saturated heterocycles. The van der Waals surface area contributed by atoms with Crippen molar-refractivity contribution in [1.82, 2.24) is 0 Å². The summed E-state index contributed by atoms with van der Waals surface area (Å²) in [4.78, 5) is 0. The first-order valence-electron chi connectivity index (χ1n) is 5.47. The van der Waals surface area contributed by atoms with E-state index in [2.05, 4.69) is 22.9 Å². The number of rotatable bonds is 7. The minimum Gasteiger partial charge on any atom is -0.490 e. The van der Waals surface area contributed by atoms with Gasteiger partial charge in [0.25, 0.3) is 0 Å². The third-order valence-corrected chi connectivity index (χ3v) is 2.72. The number of halogens is 1. The van der Waals surface area contributed by atoms with Crippen molar-refractivity contribution in [2.75, 3.05) is 19.8 Å². The summed E-state index contributed by atoms with van der Waals surface area (Å²) in [7, 11) is 0. The number of hydrogen-bond acceptors (Lipinski definition) is 3. The van der Waals surface area contributed by atoms with Crippen molar-refractivity contribution in [2.45, 2.75) is 19.9 Å². The van der Waals surface area contributed by atoms with E-state index in [9.17, 15) is 0 Å². The van der Waals surface area contributed by atoms with Crippen LogP contribution in [0.4, 0.5) is 0 Å². The topological polar surface area (TPSA) is 44.5 Å². The lowest BCUT2D eigenvalue weighted by Crippen LogP contribution is -2.09. The molecule has 0 bridgehead atoms. The Kier molecular flexibility index (Phi) is 6.45. The molecule has 1 rings (SSSR count). The smallest absolute Gasteiger partial charge is 0.138 e. The molecule has 1 aromatic rings. The highest BCUT2D eigenvalue weighted by atomic mass is 79.9. The lowest BCUT2D eigenvalue weighted by atomic mass is 10.2. The van der Waals surface area contributed by atoms with Crippen molar-refractivity contribution in [1.29, 1.82) is 0 Å². The lowest BCUT2D eigenvalue weighted by molar-refractivity contribution is 0.100. The van der Waals surface area contributed by atoms with E-state index in [0.29, 0.717) is 19.8 Å². The zero-order chi connectivity index (χ0) is 11.8. The number of ether oxygens (including phenoxy) is 2. The zero-order valence-corrected chi connectivity index (χ0v) is 11.1. The molecule has 0 heterocycles. The number of hydrogen-bond donors (Lipinski definition) is 1. The highest BCUT2D eigenvalue weighted by molar-refractivity contribution is 9.10. The van der Waals surface area contributed by atoms with Crippen molar-refractivity contribution in [3.05, 3.63) is 28.2 Å². The maximum absolute atomic E-state index is 5.65. The van der Waals surface area contributed by atoms with Crippen LogP contribution in [-0.2, 0) is 11.3 Å². The van der Waals surface area contributed by atoms with Gasteiger partial charge >= 0.3 is 0 Å². The maximum Gasteiger partial charge on any atom is 0.138 e. The summed E-state index contributed by atoms with van der Waals surface area (Å²) in [5, 5.41) is 0. The molecule has 16 heavy (non-hydrogen) atoms. The summed E-state index contributed by atoms with van der Waals surface area (Å²) in [5.74, 6) is 0.824. The zero-order valence-electron chi connectivity index (χ0n) is 9.54. The summed E-state index contributed by atoms with van der Waals surface area (Å²) in [6.07, 6.45) is 1.03. The van der Waals surface area contributed by atoms with Crippen LogP contribution in [0.5, 0.6) is 5.75 Å². The molecule has 2 N–H and O–H groups in total. The van der Waals surface area contributed by atoms with E-state index >= 15 is 0 Å². The second-order valence-electron chi connectivity index (χ2n) is 3.39. The molecule has 3 nitrogen and oxygen atoms in total. The average Bonchev–Trinajstić information content (AvgIpc) is 2.30. The Labute approximate surface area is 105 Å². The van der Waals surface area contributed by atoms with Crippen LogP contribution in [0.1, 0.15) is 18.9 Å². The molecule has 0 aromatic heterocycles. The Morgan fingerprint density at radius 2 is 2.06 bits per heavy atom. The van der Waals surface area contributed by atoms with Gasteiger partial charge in [-0.15, -0.1) is 0 Å². The van der Waals surface area contributed by atoms with Crippen LogP contribution >= 0.6 is 15.9 Å². The molecule has 0 saturated carbocycles. The van der Waals surface area contributed by atoms with Gasteiger partial charge in [-0.05, 0) is 28.4 Å². The first-order chi connectivity index (χ1) is 7.79.